The van der Waals surface area contributed by atoms with Crippen molar-refractivity contribution < 1.29 is 23.5 Å². The number of aromatic nitrogens is 3. The molecular weight excluding hydrogens is 559 g/mol. The lowest BCUT2D eigenvalue weighted by atomic mass is 10.1. The zero-order chi connectivity index (χ0) is 30.0. The second kappa shape index (κ2) is 12.0. The number of anilines is 2. The molecular formula is C30H35FN6O4S. The minimum Gasteiger partial charge on any atom is -0.465 e. The van der Waals surface area contributed by atoms with Crippen molar-refractivity contribution in [2.75, 3.05) is 43.5 Å². The summed E-state index contributed by atoms with van der Waals surface area (Å²) in [5, 5.41) is 4.17. The van der Waals surface area contributed by atoms with Crippen molar-refractivity contribution in [1.29, 1.82) is 0 Å². The number of carbonyl (C=O) groups is 2. The zero-order valence-corrected chi connectivity index (χ0v) is 25.3. The molecule has 3 aromatic heterocycles. The number of esters is 1. The van der Waals surface area contributed by atoms with E-state index in [2.05, 4.69) is 23.3 Å². The van der Waals surface area contributed by atoms with Gasteiger partial charge in [0.2, 0.25) is 0 Å². The van der Waals surface area contributed by atoms with E-state index in [1.807, 2.05) is 37.3 Å². The number of fused-ring (bicyclic) bond motifs is 1. The van der Waals surface area contributed by atoms with E-state index >= 15 is 0 Å². The third-order valence-corrected chi connectivity index (χ3v) is 7.91. The largest absolute Gasteiger partial charge is 0.465 e. The van der Waals surface area contributed by atoms with Crippen molar-refractivity contribution in [3.05, 3.63) is 64.0 Å². The highest BCUT2D eigenvalue weighted by Gasteiger charge is 2.26. The number of ether oxygens (including phenoxy) is 2. The van der Waals surface area contributed by atoms with Crippen LogP contribution < -0.4 is 10.2 Å². The van der Waals surface area contributed by atoms with Crippen molar-refractivity contribution in [2.24, 2.45) is 0 Å². The summed E-state index contributed by atoms with van der Waals surface area (Å²) in [6.07, 6.45) is 2.49. The Morgan fingerprint density at radius 3 is 2.40 bits per heavy atom. The Balaban J connectivity index is 1.35. The summed E-state index contributed by atoms with van der Waals surface area (Å²) in [6.45, 7) is 10.5. The molecule has 0 spiro atoms. The van der Waals surface area contributed by atoms with Gasteiger partial charge >= 0.3 is 12.1 Å². The van der Waals surface area contributed by atoms with Crippen LogP contribution in [0.15, 0.2) is 42.6 Å². The average Bonchev–Trinajstić information content (AvgIpc) is 3.56. The Morgan fingerprint density at radius 1 is 1.05 bits per heavy atom. The number of halogens is 1. The van der Waals surface area contributed by atoms with E-state index in [0.29, 0.717) is 53.9 Å². The number of aryl methyl sites for hydroxylation is 1. The number of hydrogen-bond donors (Lipinski definition) is 1. The zero-order valence-electron chi connectivity index (χ0n) is 24.4. The smallest absolute Gasteiger partial charge is 0.410 e. The Morgan fingerprint density at radius 2 is 1.76 bits per heavy atom. The molecule has 0 radical (unpaired) electrons. The van der Waals surface area contributed by atoms with Crippen LogP contribution >= 0.6 is 11.3 Å². The lowest BCUT2D eigenvalue weighted by Gasteiger charge is -2.36. The first kappa shape index (κ1) is 29.3. The number of carbonyl (C=O) groups excluding carboxylic acids is 2. The molecule has 4 heterocycles. The number of nitrogens with zero attached hydrogens (tertiary/aromatic N) is 5. The summed E-state index contributed by atoms with van der Waals surface area (Å²) in [5.41, 5.74) is 3.32. The molecule has 1 amide bonds. The first-order valence-electron chi connectivity index (χ1n) is 13.9. The van der Waals surface area contributed by atoms with Crippen LogP contribution in [0.4, 0.5) is 20.7 Å². The van der Waals surface area contributed by atoms with E-state index in [9.17, 15) is 14.0 Å². The van der Waals surface area contributed by atoms with Gasteiger partial charge in [-0.1, -0.05) is 6.92 Å². The normalized spacial score (nSPS) is 13.9. The standard InChI is InChI=1S/C30H35FN6O4S/c1-6-22-27(32-17-24-34-25(26(42-24)28(38)40-5)19-7-9-20(31)10-8-19)37-18-21(11-12-23(37)33-22)35-13-15-36(16-14-35)29(39)41-30(2,3)4/h7-12,18,32H,6,13-17H2,1-5H3. The molecule has 10 nitrogen and oxygen atoms in total. The number of thiazole rings is 1. The van der Waals surface area contributed by atoms with Crippen LogP contribution in [0, 0.1) is 5.82 Å². The van der Waals surface area contributed by atoms with Gasteiger partial charge in [-0.25, -0.2) is 23.9 Å². The van der Waals surface area contributed by atoms with Gasteiger partial charge in [-0.15, -0.1) is 11.3 Å². The first-order valence-corrected chi connectivity index (χ1v) is 14.7. The highest BCUT2D eigenvalue weighted by atomic mass is 32.1. The van der Waals surface area contributed by atoms with E-state index in [1.165, 1.54) is 30.6 Å². The molecule has 12 heteroatoms. The molecule has 1 N–H and O–H groups in total. The van der Waals surface area contributed by atoms with E-state index in [1.54, 1.807) is 17.0 Å². The van der Waals surface area contributed by atoms with Gasteiger partial charge in [0.15, 0.2) is 0 Å². The monoisotopic (exact) mass is 594 g/mol. The van der Waals surface area contributed by atoms with Gasteiger partial charge in [0.25, 0.3) is 0 Å². The van der Waals surface area contributed by atoms with Crippen molar-refractivity contribution in [3.8, 4) is 11.3 Å². The fourth-order valence-corrected chi connectivity index (χ4v) is 5.75. The van der Waals surface area contributed by atoms with E-state index in [-0.39, 0.29) is 11.9 Å². The first-order chi connectivity index (χ1) is 20.1. The maximum Gasteiger partial charge on any atom is 0.410 e. The molecule has 4 aromatic rings. The van der Waals surface area contributed by atoms with Gasteiger partial charge in [-0.2, -0.15) is 0 Å². The number of methoxy groups -OCH3 is 1. The van der Waals surface area contributed by atoms with Crippen LogP contribution in [0.25, 0.3) is 16.9 Å². The summed E-state index contributed by atoms with van der Waals surface area (Å²) < 4.78 is 26.1. The van der Waals surface area contributed by atoms with Gasteiger partial charge in [-0.05, 0) is 63.6 Å². The molecule has 0 bridgehead atoms. The van der Waals surface area contributed by atoms with Crippen LogP contribution in [0.3, 0.4) is 0 Å². The number of benzene rings is 1. The molecule has 1 fully saturated rings. The third kappa shape index (κ3) is 6.33. The summed E-state index contributed by atoms with van der Waals surface area (Å²) in [7, 11) is 1.33. The summed E-state index contributed by atoms with van der Waals surface area (Å²) >= 11 is 1.24. The molecule has 0 saturated carbocycles. The quantitative estimate of drug-likeness (QED) is 0.276. The number of amides is 1. The number of rotatable bonds is 7. The molecule has 1 saturated heterocycles. The lowest BCUT2D eigenvalue weighted by molar-refractivity contribution is 0.0240. The predicted octanol–water partition coefficient (Wildman–Crippen LogP) is 5.62. The van der Waals surface area contributed by atoms with E-state index < -0.39 is 11.6 Å². The fourth-order valence-electron chi connectivity index (χ4n) is 4.81. The maximum atomic E-state index is 13.5. The summed E-state index contributed by atoms with van der Waals surface area (Å²) in [4.78, 5) is 38.9. The van der Waals surface area contributed by atoms with Gasteiger partial charge in [0.05, 0.1) is 30.7 Å². The summed E-state index contributed by atoms with van der Waals surface area (Å²) in [6, 6.07) is 9.92. The minimum absolute atomic E-state index is 0.286. The van der Waals surface area contributed by atoms with E-state index in [4.69, 9.17) is 19.4 Å². The Bertz CT molecular complexity index is 1590. The van der Waals surface area contributed by atoms with Gasteiger partial charge in [-0.3, -0.25) is 4.40 Å². The topological polar surface area (TPSA) is 101 Å². The SMILES string of the molecule is CCc1nc2ccc(N3CCN(C(=O)OC(C)(C)C)CC3)cn2c1NCc1nc(-c2ccc(F)cc2)c(C(=O)OC)s1. The molecule has 222 valence electrons. The number of nitrogens with one attached hydrogen (secondary N) is 1. The third-order valence-electron chi connectivity index (χ3n) is 6.87. The van der Waals surface area contributed by atoms with Gasteiger partial charge < -0.3 is 24.6 Å². The lowest BCUT2D eigenvalue weighted by Crippen LogP contribution is -2.50. The van der Waals surface area contributed by atoms with E-state index in [0.717, 1.165) is 29.3 Å². The second-order valence-electron chi connectivity index (χ2n) is 11.0. The molecule has 0 atom stereocenters. The molecule has 1 aromatic carbocycles. The van der Waals surface area contributed by atoms with Crippen molar-refractivity contribution >= 4 is 40.6 Å². The highest BCUT2D eigenvalue weighted by molar-refractivity contribution is 7.14. The van der Waals surface area contributed by atoms with Crippen molar-refractivity contribution in [3.63, 3.8) is 0 Å². The van der Waals surface area contributed by atoms with Gasteiger partial charge in [0.1, 0.15) is 32.8 Å². The Labute approximate surface area is 248 Å². The Hall–Kier alpha value is -4.19. The molecule has 0 unspecified atom stereocenters. The van der Waals surface area contributed by atoms with Gasteiger partial charge in [0, 0.05) is 37.9 Å². The molecule has 1 aliphatic heterocycles. The second-order valence-corrected chi connectivity index (χ2v) is 12.1. The minimum atomic E-state index is -0.525. The van der Waals surface area contributed by atoms with Crippen LogP contribution in [-0.2, 0) is 22.4 Å². The fraction of sp³-hybridized carbons (Fsp3) is 0.400. The Kier molecular flexibility index (Phi) is 8.35. The highest BCUT2D eigenvalue weighted by Crippen LogP contribution is 2.31. The number of hydrogen-bond acceptors (Lipinski definition) is 9. The maximum absolute atomic E-state index is 13.5. The summed E-state index contributed by atoms with van der Waals surface area (Å²) in [5.74, 6) is -0.00194. The molecule has 1 aliphatic rings. The number of imidazole rings is 1. The van der Waals surface area contributed by atoms with Crippen molar-refractivity contribution in [2.45, 2.75) is 46.3 Å². The van der Waals surface area contributed by atoms with Crippen molar-refractivity contribution in [1.82, 2.24) is 19.3 Å². The number of pyridine rings is 1. The molecule has 0 aliphatic carbocycles. The number of piperazine rings is 1. The van der Waals surface area contributed by atoms with Crippen LogP contribution in [0.2, 0.25) is 0 Å². The van der Waals surface area contributed by atoms with Crippen LogP contribution in [0.5, 0.6) is 0 Å². The predicted molar refractivity (Wildman–Crippen MR) is 161 cm³/mol. The van der Waals surface area contributed by atoms with Crippen LogP contribution in [0.1, 0.15) is 48.1 Å². The average molecular weight is 595 g/mol. The van der Waals surface area contributed by atoms with Crippen LogP contribution in [-0.4, -0.2) is 70.2 Å². The molecule has 42 heavy (non-hydrogen) atoms. The molecule has 5 rings (SSSR count).